The molecule has 1 unspecified atom stereocenters. The van der Waals surface area contributed by atoms with Gasteiger partial charge in [0.1, 0.15) is 5.82 Å². The van der Waals surface area contributed by atoms with E-state index in [0.29, 0.717) is 16.9 Å². The summed E-state index contributed by atoms with van der Waals surface area (Å²) in [7, 11) is 1.65. The summed E-state index contributed by atoms with van der Waals surface area (Å²) in [5, 5.41) is 3.16. The molecule has 0 saturated carbocycles. The summed E-state index contributed by atoms with van der Waals surface area (Å²) >= 11 is 6.53. The quantitative estimate of drug-likeness (QED) is 0.542. The summed E-state index contributed by atoms with van der Waals surface area (Å²) in [4.78, 5) is 13.7. The predicted octanol–water partition coefficient (Wildman–Crippen LogP) is 4.22. The first-order chi connectivity index (χ1) is 13.1. The van der Waals surface area contributed by atoms with Gasteiger partial charge >= 0.3 is 5.97 Å². The molecule has 152 valence electrons. The summed E-state index contributed by atoms with van der Waals surface area (Å²) in [6.45, 7) is 3.28. The molecule has 0 bridgehead atoms. The van der Waals surface area contributed by atoms with Gasteiger partial charge in [-0.2, -0.15) is 5.10 Å². The second kappa shape index (κ2) is 7.66. The fraction of sp³-hybridized carbons (Fsp3) is 0.474. The Morgan fingerprint density at radius 1 is 1.43 bits per heavy atom. The summed E-state index contributed by atoms with van der Waals surface area (Å²) < 4.78 is 48.2. The van der Waals surface area contributed by atoms with Crippen LogP contribution in [-0.4, -0.2) is 41.4 Å². The topological polar surface area (TPSA) is 47.4 Å². The number of hydrogen-bond donors (Lipinski definition) is 0. The highest BCUT2D eigenvalue weighted by molar-refractivity contribution is 6.23. The molecule has 1 saturated heterocycles. The number of rotatable bonds is 5. The zero-order valence-electron chi connectivity index (χ0n) is 15.8. The Bertz CT molecular complexity index is 901. The van der Waals surface area contributed by atoms with Gasteiger partial charge in [0.25, 0.3) is 5.92 Å². The minimum absolute atomic E-state index is 0.0320. The molecule has 1 aliphatic heterocycles. The minimum Gasteiger partial charge on any atom is -0.461 e. The lowest BCUT2D eigenvalue weighted by Crippen LogP contribution is -2.25. The SMILES string of the molecule is CCOC(=O)c1nn(C)c(C)c1C(Cl)c1ccc(N2CCC(F)(F)C2)cc1F. The van der Waals surface area contributed by atoms with Gasteiger partial charge in [0.05, 0.1) is 18.5 Å². The highest BCUT2D eigenvalue weighted by atomic mass is 35.5. The highest BCUT2D eigenvalue weighted by Crippen LogP contribution is 2.37. The molecule has 1 aromatic heterocycles. The Balaban J connectivity index is 1.93. The lowest BCUT2D eigenvalue weighted by molar-refractivity contribution is 0.0257. The van der Waals surface area contributed by atoms with E-state index in [0.717, 1.165) is 0 Å². The number of alkyl halides is 3. The first-order valence-electron chi connectivity index (χ1n) is 8.91. The van der Waals surface area contributed by atoms with Crippen molar-refractivity contribution in [1.82, 2.24) is 9.78 Å². The molecular weight excluding hydrogens is 395 g/mol. The predicted molar refractivity (Wildman–Crippen MR) is 99.8 cm³/mol. The van der Waals surface area contributed by atoms with E-state index in [-0.39, 0.29) is 30.8 Å². The van der Waals surface area contributed by atoms with Crippen molar-refractivity contribution in [2.45, 2.75) is 31.6 Å². The largest absolute Gasteiger partial charge is 0.461 e. The summed E-state index contributed by atoms with van der Waals surface area (Å²) in [5.74, 6) is -4.04. The van der Waals surface area contributed by atoms with E-state index in [1.165, 1.54) is 21.7 Å². The highest BCUT2D eigenvalue weighted by Gasteiger charge is 2.38. The van der Waals surface area contributed by atoms with Gasteiger partial charge in [0.2, 0.25) is 0 Å². The molecule has 0 radical (unpaired) electrons. The van der Waals surface area contributed by atoms with Crippen LogP contribution in [0.25, 0.3) is 0 Å². The van der Waals surface area contributed by atoms with Crippen LogP contribution >= 0.6 is 11.6 Å². The van der Waals surface area contributed by atoms with Crippen molar-refractivity contribution in [2.75, 3.05) is 24.6 Å². The van der Waals surface area contributed by atoms with Crippen LogP contribution in [0.3, 0.4) is 0 Å². The Morgan fingerprint density at radius 3 is 2.71 bits per heavy atom. The number of benzene rings is 1. The van der Waals surface area contributed by atoms with Crippen molar-refractivity contribution >= 4 is 23.3 Å². The Labute approximate surface area is 166 Å². The van der Waals surface area contributed by atoms with E-state index in [1.54, 1.807) is 27.0 Å². The zero-order chi connectivity index (χ0) is 20.6. The van der Waals surface area contributed by atoms with Crippen LogP contribution in [0.4, 0.5) is 18.9 Å². The second-order valence-corrected chi connectivity index (χ2v) is 7.22. The third kappa shape index (κ3) is 3.83. The summed E-state index contributed by atoms with van der Waals surface area (Å²) in [6.07, 6.45) is -0.258. The number of aromatic nitrogens is 2. The third-order valence-corrected chi connectivity index (χ3v) is 5.35. The molecule has 3 rings (SSSR count). The molecule has 0 aliphatic carbocycles. The maximum atomic E-state index is 14.8. The smallest absolute Gasteiger partial charge is 0.359 e. The van der Waals surface area contributed by atoms with Crippen LogP contribution in [0.5, 0.6) is 0 Å². The number of hydrogen-bond acceptors (Lipinski definition) is 4. The van der Waals surface area contributed by atoms with Gasteiger partial charge < -0.3 is 9.64 Å². The van der Waals surface area contributed by atoms with Crippen molar-refractivity contribution in [2.24, 2.45) is 7.05 Å². The van der Waals surface area contributed by atoms with E-state index in [4.69, 9.17) is 16.3 Å². The molecule has 5 nitrogen and oxygen atoms in total. The Hall–Kier alpha value is -2.22. The molecule has 1 aromatic carbocycles. The minimum atomic E-state index is -2.77. The Kier molecular flexibility index (Phi) is 5.61. The standard InChI is InChI=1S/C19H21ClF3N3O2/c1-4-28-18(27)17-15(11(2)25(3)24-17)16(20)13-6-5-12(9-14(13)21)26-8-7-19(22,23)10-26/h5-6,9,16H,4,7-8,10H2,1-3H3. The monoisotopic (exact) mass is 415 g/mol. The molecule has 1 fully saturated rings. The first-order valence-corrected chi connectivity index (χ1v) is 9.35. The van der Waals surface area contributed by atoms with E-state index < -0.39 is 29.6 Å². The number of nitrogens with zero attached hydrogens (tertiary/aromatic N) is 3. The average Bonchev–Trinajstić information content (AvgIpc) is 3.14. The Morgan fingerprint density at radius 2 is 2.14 bits per heavy atom. The van der Waals surface area contributed by atoms with Gasteiger partial charge in [-0.15, -0.1) is 11.6 Å². The number of aryl methyl sites for hydroxylation is 1. The van der Waals surface area contributed by atoms with Gasteiger partial charge in [-0.05, 0) is 26.0 Å². The molecule has 1 aliphatic rings. The maximum Gasteiger partial charge on any atom is 0.359 e. The zero-order valence-corrected chi connectivity index (χ0v) is 16.6. The van der Waals surface area contributed by atoms with Crippen molar-refractivity contribution in [3.05, 3.63) is 46.5 Å². The van der Waals surface area contributed by atoms with Crippen molar-refractivity contribution < 1.29 is 22.7 Å². The summed E-state index contributed by atoms with van der Waals surface area (Å²) in [6, 6.07) is 4.22. The molecule has 1 atom stereocenters. The van der Waals surface area contributed by atoms with Crippen molar-refractivity contribution in [1.29, 1.82) is 0 Å². The van der Waals surface area contributed by atoms with Crippen LogP contribution in [0.2, 0.25) is 0 Å². The molecule has 0 amide bonds. The molecule has 2 aromatic rings. The maximum absolute atomic E-state index is 14.8. The number of ether oxygens (including phenoxy) is 1. The van der Waals surface area contributed by atoms with Crippen LogP contribution in [0.15, 0.2) is 18.2 Å². The number of carbonyl (C=O) groups excluding carboxylic acids is 1. The fourth-order valence-electron chi connectivity index (χ4n) is 3.31. The van der Waals surface area contributed by atoms with Crippen molar-refractivity contribution in [3.8, 4) is 0 Å². The number of carbonyl (C=O) groups is 1. The fourth-order valence-corrected chi connectivity index (χ4v) is 3.75. The van der Waals surface area contributed by atoms with E-state index in [2.05, 4.69) is 5.10 Å². The van der Waals surface area contributed by atoms with E-state index in [1.807, 2.05) is 0 Å². The van der Waals surface area contributed by atoms with Crippen molar-refractivity contribution in [3.63, 3.8) is 0 Å². The molecular formula is C19H21ClF3N3O2. The molecule has 28 heavy (non-hydrogen) atoms. The van der Waals surface area contributed by atoms with E-state index >= 15 is 0 Å². The van der Waals surface area contributed by atoms with Gasteiger partial charge in [-0.25, -0.2) is 18.0 Å². The number of anilines is 1. The second-order valence-electron chi connectivity index (χ2n) is 6.79. The third-order valence-electron chi connectivity index (χ3n) is 4.89. The van der Waals surface area contributed by atoms with Crippen LogP contribution < -0.4 is 4.90 Å². The number of halogens is 4. The first kappa shape index (κ1) is 20.5. The van der Waals surface area contributed by atoms with Crippen LogP contribution in [-0.2, 0) is 11.8 Å². The summed E-state index contributed by atoms with van der Waals surface area (Å²) in [5.41, 5.74) is 1.51. The normalized spacial score (nSPS) is 17.0. The lowest BCUT2D eigenvalue weighted by atomic mass is 10.0. The van der Waals surface area contributed by atoms with Gasteiger partial charge in [-0.3, -0.25) is 4.68 Å². The van der Waals surface area contributed by atoms with Crippen LogP contribution in [0, 0.1) is 12.7 Å². The van der Waals surface area contributed by atoms with Crippen LogP contribution in [0.1, 0.15) is 46.0 Å². The average molecular weight is 416 g/mol. The molecule has 2 heterocycles. The van der Waals surface area contributed by atoms with Gasteiger partial charge in [0, 0.05) is 42.5 Å². The van der Waals surface area contributed by atoms with E-state index in [9.17, 15) is 18.0 Å². The lowest BCUT2D eigenvalue weighted by Gasteiger charge is -2.20. The molecule has 0 spiro atoms. The molecule has 9 heteroatoms. The van der Waals surface area contributed by atoms with Gasteiger partial charge in [0.15, 0.2) is 5.69 Å². The molecule has 0 N–H and O–H groups in total. The van der Waals surface area contributed by atoms with Gasteiger partial charge in [-0.1, -0.05) is 6.07 Å². The number of esters is 1.